The van der Waals surface area contributed by atoms with E-state index in [1.54, 1.807) is 24.3 Å². The molecule has 1 N–H and O–H groups in total. The highest BCUT2D eigenvalue weighted by atomic mass is 35.5. The number of halogens is 4. The molecule has 0 saturated heterocycles. The minimum Gasteiger partial charge on any atom is -0.445 e. The van der Waals surface area contributed by atoms with E-state index < -0.39 is 18.6 Å². The van der Waals surface area contributed by atoms with Gasteiger partial charge in [0.1, 0.15) is 6.61 Å². The number of carbonyl (C=O) groups excluding carboxylic acids is 1. The van der Waals surface area contributed by atoms with E-state index in [-0.39, 0.29) is 43.7 Å². The van der Waals surface area contributed by atoms with Crippen molar-refractivity contribution in [1.82, 2.24) is 15.5 Å². The second-order valence-corrected chi connectivity index (χ2v) is 7.22. The first-order chi connectivity index (χ1) is 14.2. The van der Waals surface area contributed by atoms with Gasteiger partial charge in [0.15, 0.2) is 0 Å². The van der Waals surface area contributed by atoms with Crippen LogP contribution in [0.4, 0.5) is 18.0 Å². The molecule has 0 aliphatic heterocycles. The van der Waals surface area contributed by atoms with Gasteiger partial charge in [-0.05, 0) is 37.0 Å². The van der Waals surface area contributed by atoms with E-state index in [2.05, 4.69) is 26.8 Å². The maximum Gasteiger partial charge on any atom is 0.522 e. The van der Waals surface area contributed by atoms with Crippen molar-refractivity contribution in [3.05, 3.63) is 53.2 Å². The summed E-state index contributed by atoms with van der Waals surface area (Å²) in [5, 5.41) is 10.9. The topological polar surface area (TPSA) is 86.5 Å². The van der Waals surface area contributed by atoms with Crippen LogP contribution in [0.3, 0.4) is 0 Å². The van der Waals surface area contributed by atoms with Crippen LogP contribution in [0.15, 0.2) is 35.3 Å². The second kappa shape index (κ2) is 9.48. The molecule has 0 bridgehead atoms. The number of carbonyl (C=O) groups is 1. The lowest BCUT2D eigenvalue weighted by molar-refractivity contribution is -0.352. The highest BCUT2D eigenvalue weighted by molar-refractivity contribution is 6.30. The number of alkyl carbamates (subject to hydrolysis) is 1. The van der Waals surface area contributed by atoms with Crippen LogP contribution in [0, 0.1) is 0 Å². The Morgan fingerprint density at radius 2 is 1.97 bits per heavy atom. The fraction of sp³-hybridized carbons (Fsp3) is 0.421. The Kier molecular flexibility index (Phi) is 6.99. The summed E-state index contributed by atoms with van der Waals surface area (Å²) in [7, 11) is 0. The Labute approximate surface area is 175 Å². The SMILES string of the molecule is C=C(CCNC(=O)OCc1ccc(Cl)cc1)c1nnc([C@H]2C[C@@H](OC(F)(F)F)C2)o1. The summed E-state index contributed by atoms with van der Waals surface area (Å²) in [5.74, 6) is 0.164. The van der Waals surface area contributed by atoms with Gasteiger partial charge in [0, 0.05) is 23.1 Å². The number of amides is 1. The predicted molar refractivity (Wildman–Crippen MR) is 100 cm³/mol. The predicted octanol–water partition coefficient (Wildman–Crippen LogP) is 4.84. The number of alkyl halides is 3. The Bertz CT molecular complexity index is 880. The maximum absolute atomic E-state index is 12.2. The molecule has 3 rings (SSSR count). The molecule has 1 saturated carbocycles. The third-order valence-electron chi connectivity index (χ3n) is 4.47. The Morgan fingerprint density at radius 3 is 2.63 bits per heavy atom. The zero-order chi connectivity index (χ0) is 21.7. The normalized spacial score (nSPS) is 18.5. The molecule has 0 atom stereocenters. The van der Waals surface area contributed by atoms with Crippen molar-refractivity contribution in [3.8, 4) is 0 Å². The standard InChI is InChI=1S/C19H19ClF3N3O4/c1-11(6-7-24-18(27)28-10-12-2-4-14(20)5-3-12)16-25-26-17(29-16)13-8-15(9-13)30-19(21,22)23/h2-5,13,15H,1,6-10H2,(H,24,27)/t13-,15+. The number of hydrogen-bond acceptors (Lipinski definition) is 6. The molecule has 162 valence electrons. The van der Waals surface area contributed by atoms with E-state index in [4.69, 9.17) is 20.8 Å². The average molecular weight is 446 g/mol. The maximum atomic E-state index is 12.2. The van der Waals surface area contributed by atoms with Gasteiger partial charge in [-0.2, -0.15) is 0 Å². The number of benzene rings is 1. The number of aromatic nitrogens is 2. The summed E-state index contributed by atoms with van der Waals surface area (Å²) in [6.07, 6.45) is -5.47. The highest BCUT2D eigenvalue weighted by Crippen LogP contribution is 2.41. The molecule has 1 aliphatic rings. The molecule has 1 amide bonds. The van der Waals surface area contributed by atoms with Crippen molar-refractivity contribution in [3.63, 3.8) is 0 Å². The largest absolute Gasteiger partial charge is 0.522 e. The van der Waals surface area contributed by atoms with Crippen LogP contribution in [0.2, 0.25) is 5.02 Å². The van der Waals surface area contributed by atoms with Gasteiger partial charge in [-0.25, -0.2) is 4.79 Å². The molecule has 2 aromatic rings. The quantitative estimate of drug-likeness (QED) is 0.626. The molecule has 1 aliphatic carbocycles. The number of nitrogens with one attached hydrogen (secondary N) is 1. The number of hydrogen-bond donors (Lipinski definition) is 1. The van der Waals surface area contributed by atoms with Crippen LogP contribution < -0.4 is 5.32 Å². The molecule has 1 fully saturated rings. The lowest BCUT2D eigenvalue weighted by Gasteiger charge is -2.32. The molecule has 7 nitrogen and oxygen atoms in total. The van der Waals surface area contributed by atoms with Crippen molar-refractivity contribution in [2.45, 2.75) is 44.3 Å². The van der Waals surface area contributed by atoms with Crippen molar-refractivity contribution in [2.24, 2.45) is 0 Å². The van der Waals surface area contributed by atoms with Gasteiger partial charge in [-0.1, -0.05) is 30.3 Å². The fourth-order valence-corrected chi connectivity index (χ4v) is 2.92. The first kappa shape index (κ1) is 22.1. The molecular weight excluding hydrogens is 427 g/mol. The molecule has 1 heterocycles. The summed E-state index contributed by atoms with van der Waals surface area (Å²) in [5.41, 5.74) is 1.30. The highest BCUT2D eigenvalue weighted by Gasteiger charge is 2.42. The van der Waals surface area contributed by atoms with Gasteiger partial charge in [0.05, 0.1) is 6.10 Å². The summed E-state index contributed by atoms with van der Waals surface area (Å²) < 4.78 is 51.0. The monoisotopic (exact) mass is 445 g/mol. The van der Waals surface area contributed by atoms with E-state index in [9.17, 15) is 18.0 Å². The van der Waals surface area contributed by atoms with E-state index in [0.717, 1.165) is 5.56 Å². The van der Waals surface area contributed by atoms with Gasteiger partial charge in [0.2, 0.25) is 11.8 Å². The van der Waals surface area contributed by atoms with Crippen LogP contribution in [-0.4, -0.2) is 35.3 Å². The third kappa shape index (κ3) is 6.46. The van der Waals surface area contributed by atoms with Crippen molar-refractivity contribution in [2.75, 3.05) is 6.54 Å². The zero-order valence-corrected chi connectivity index (χ0v) is 16.5. The average Bonchev–Trinajstić information content (AvgIpc) is 3.13. The van der Waals surface area contributed by atoms with Crippen LogP contribution in [0.5, 0.6) is 0 Å². The van der Waals surface area contributed by atoms with Gasteiger partial charge >= 0.3 is 12.5 Å². The van der Waals surface area contributed by atoms with E-state index in [0.29, 0.717) is 17.0 Å². The smallest absolute Gasteiger partial charge is 0.445 e. The van der Waals surface area contributed by atoms with Gasteiger partial charge in [-0.3, -0.25) is 4.74 Å². The van der Waals surface area contributed by atoms with Crippen LogP contribution in [0.1, 0.15) is 42.5 Å². The fourth-order valence-electron chi connectivity index (χ4n) is 2.80. The first-order valence-electron chi connectivity index (χ1n) is 9.11. The number of ether oxygens (including phenoxy) is 2. The molecule has 11 heteroatoms. The molecular formula is C19H19ClF3N3O4. The number of rotatable bonds is 8. The van der Waals surface area contributed by atoms with Crippen LogP contribution in [0.25, 0.3) is 5.57 Å². The third-order valence-corrected chi connectivity index (χ3v) is 4.72. The molecule has 0 spiro atoms. The van der Waals surface area contributed by atoms with Gasteiger partial charge in [0.25, 0.3) is 0 Å². The van der Waals surface area contributed by atoms with Crippen molar-refractivity contribution >= 4 is 23.3 Å². The lowest BCUT2D eigenvalue weighted by atomic mass is 9.82. The van der Waals surface area contributed by atoms with E-state index in [1.807, 2.05) is 0 Å². The minimum absolute atomic E-state index is 0.109. The van der Waals surface area contributed by atoms with Crippen LogP contribution >= 0.6 is 11.6 Å². The Hall–Kier alpha value is -2.59. The molecule has 30 heavy (non-hydrogen) atoms. The van der Waals surface area contributed by atoms with Gasteiger partial charge < -0.3 is 14.5 Å². The Balaban J connectivity index is 1.35. The molecule has 1 aromatic heterocycles. The zero-order valence-electron chi connectivity index (χ0n) is 15.7. The summed E-state index contributed by atoms with van der Waals surface area (Å²) in [4.78, 5) is 11.7. The molecule has 1 aromatic carbocycles. The second-order valence-electron chi connectivity index (χ2n) is 6.78. The summed E-state index contributed by atoms with van der Waals surface area (Å²) in [6, 6.07) is 6.91. The number of nitrogens with zero attached hydrogens (tertiary/aromatic N) is 2. The molecule has 0 radical (unpaired) electrons. The lowest BCUT2D eigenvalue weighted by Crippen LogP contribution is -2.34. The Morgan fingerprint density at radius 1 is 1.27 bits per heavy atom. The van der Waals surface area contributed by atoms with E-state index in [1.165, 1.54) is 0 Å². The van der Waals surface area contributed by atoms with Gasteiger partial charge in [-0.15, -0.1) is 23.4 Å². The first-order valence-corrected chi connectivity index (χ1v) is 9.48. The summed E-state index contributed by atoms with van der Waals surface area (Å²) in [6.45, 7) is 4.17. The van der Waals surface area contributed by atoms with E-state index >= 15 is 0 Å². The summed E-state index contributed by atoms with van der Waals surface area (Å²) >= 11 is 5.79. The van der Waals surface area contributed by atoms with Crippen LogP contribution in [-0.2, 0) is 16.1 Å². The van der Waals surface area contributed by atoms with Crippen molar-refractivity contribution in [1.29, 1.82) is 0 Å². The minimum atomic E-state index is -4.65. The van der Waals surface area contributed by atoms with Crippen molar-refractivity contribution < 1.29 is 31.9 Å². The molecule has 0 unspecified atom stereocenters.